The van der Waals surface area contributed by atoms with Crippen molar-refractivity contribution in [1.29, 1.82) is 0 Å². The molecule has 7 nitrogen and oxygen atoms in total. The van der Waals surface area contributed by atoms with Crippen LogP contribution in [0.1, 0.15) is 11.1 Å². The number of anilines is 1. The van der Waals surface area contributed by atoms with Crippen LogP contribution >= 0.6 is 11.8 Å². The highest BCUT2D eigenvalue weighted by atomic mass is 32.2. The van der Waals surface area contributed by atoms with E-state index in [1.807, 2.05) is 56.3 Å². The number of rotatable bonds is 6. The fourth-order valence-corrected chi connectivity index (χ4v) is 3.12. The second kappa shape index (κ2) is 8.01. The number of aromatic nitrogens is 4. The zero-order valence-corrected chi connectivity index (χ0v) is 15.6. The number of amides is 1. The zero-order chi connectivity index (χ0) is 18.5. The third kappa shape index (κ3) is 4.20. The molecule has 0 aliphatic rings. The van der Waals surface area contributed by atoms with Crippen LogP contribution in [-0.4, -0.2) is 39.0 Å². The second-order valence-electron chi connectivity index (χ2n) is 5.75. The third-order valence-corrected chi connectivity index (χ3v) is 4.56. The Morgan fingerprint density at radius 2 is 2.00 bits per heavy atom. The first-order chi connectivity index (χ1) is 12.6. The first kappa shape index (κ1) is 17.9. The average molecular weight is 369 g/mol. The molecular formula is C18H19N5O2S. The SMILES string of the molecule is COc1ccc(C)cc1-n1nnnc1SCC(=O)Nc1cccc(C)c1. The maximum atomic E-state index is 12.2. The number of carbonyl (C=O) groups is 1. The Morgan fingerprint density at radius 1 is 1.19 bits per heavy atom. The van der Waals surface area contributed by atoms with Gasteiger partial charge in [-0.25, -0.2) is 0 Å². The Morgan fingerprint density at radius 3 is 2.77 bits per heavy atom. The van der Waals surface area contributed by atoms with E-state index in [0.29, 0.717) is 10.9 Å². The summed E-state index contributed by atoms with van der Waals surface area (Å²) in [6.07, 6.45) is 0. The van der Waals surface area contributed by atoms with Crippen LogP contribution in [0.4, 0.5) is 5.69 Å². The molecule has 1 amide bonds. The Labute approximate surface area is 155 Å². The molecule has 0 spiro atoms. The summed E-state index contributed by atoms with van der Waals surface area (Å²) in [5.41, 5.74) is 3.66. The van der Waals surface area contributed by atoms with Crippen LogP contribution < -0.4 is 10.1 Å². The van der Waals surface area contributed by atoms with E-state index in [1.54, 1.807) is 11.8 Å². The first-order valence-corrected chi connectivity index (χ1v) is 8.98. The van der Waals surface area contributed by atoms with Gasteiger partial charge in [0.2, 0.25) is 11.1 Å². The van der Waals surface area contributed by atoms with Gasteiger partial charge in [-0.2, -0.15) is 4.68 Å². The number of methoxy groups -OCH3 is 1. The molecule has 0 unspecified atom stereocenters. The number of benzene rings is 2. The number of tetrazole rings is 1. The fraction of sp³-hybridized carbons (Fsp3) is 0.222. The maximum absolute atomic E-state index is 12.2. The molecule has 0 atom stereocenters. The van der Waals surface area contributed by atoms with Gasteiger partial charge in [0.05, 0.1) is 12.9 Å². The van der Waals surface area contributed by atoms with Gasteiger partial charge in [-0.15, -0.1) is 5.10 Å². The van der Waals surface area contributed by atoms with Crippen LogP contribution in [0.5, 0.6) is 5.75 Å². The van der Waals surface area contributed by atoms with Gasteiger partial charge in [0, 0.05) is 5.69 Å². The molecule has 0 aliphatic carbocycles. The van der Waals surface area contributed by atoms with Crippen molar-refractivity contribution in [3.63, 3.8) is 0 Å². The second-order valence-corrected chi connectivity index (χ2v) is 6.70. The van der Waals surface area contributed by atoms with Crippen LogP contribution in [0.15, 0.2) is 47.6 Å². The summed E-state index contributed by atoms with van der Waals surface area (Å²) in [5.74, 6) is 0.739. The fourth-order valence-electron chi connectivity index (χ4n) is 2.44. The molecule has 1 aromatic heterocycles. The third-order valence-electron chi connectivity index (χ3n) is 3.64. The van der Waals surface area contributed by atoms with E-state index in [-0.39, 0.29) is 11.7 Å². The summed E-state index contributed by atoms with van der Waals surface area (Å²) >= 11 is 1.26. The molecule has 134 valence electrons. The summed E-state index contributed by atoms with van der Waals surface area (Å²) in [6, 6.07) is 13.4. The van der Waals surface area contributed by atoms with Gasteiger partial charge in [-0.1, -0.05) is 30.0 Å². The number of nitrogens with zero attached hydrogens (tertiary/aromatic N) is 4. The molecule has 1 N–H and O–H groups in total. The van der Waals surface area contributed by atoms with Crippen LogP contribution in [0.2, 0.25) is 0 Å². The number of aryl methyl sites for hydroxylation is 2. The minimum Gasteiger partial charge on any atom is -0.494 e. The molecule has 2 aromatic carbocycles. The molecule has 8 heteroatoms. The highest BCUT2D eigenvalue weighted by molar-refractivity contribution is 7.99. The van der Waals surface area contributed by atoms with Crippen LogP contribution in [0, 0.1) is 13.8 Å². The largest absolute Gasteiger partial charge is 0.494 e. The lowest BCUT2D eigenvalue weighted by molar-refractivity contribution is -0.113. The molecule has 3 aromatic rings. The summed E-state index contributed by atoms with van der Waals surface area (Å²) in [6.45, 7) is 3.96. The Hall–Kier alpha value is -2.87. The number of hydrogen-bond acceptors (Lipinski definition) is 6. The number of hydrogen-bond donors (Lipinski definition) is 1. The lowest BCUT2D eigenvalue weighted by Gasteiger charge is -2.10. The van der Waals surface area contributed by atoms with Gasteiger partial charge in [0.1, 0.15) is 11.4 Å². The van der Waals surface area contributed by atoms with Crippen molar-refractivity contribution >= 4 is 23.4 Å². The highest BCUT2D eigenvalue weighted by Crippen LogP contribution is 2.27. The number of nitrogens with one attached hydrogen (secondary N) is 1. The van der Waals surface area contributed by atoms with Gasteiger partial charge >= 0.3 is 0 Å². The number of carbonyl (C=O) groups excluding carboxylic acids is 1. The molecule has 3 rings (SSSR count). The van der Waals surface area contributed by atoms with Gasteiger partial charge in [-0.3, -0.25) is 4.79 Å². The minimum absolute atomic E-state index is 0.119. The smallest absolute Gasteiger partial charge is 0.234 e. The van der Waals surface area contributed by atoms with Crippen molar-refractivity contribution < 1.29 is 9.53 Å². The Bertz CT molecular complexity index is 925. The normalized spacial score (nSPS) is 10.6. The van der Waals surface area contributed by atoms with E-state index in [2.05, 4.69) is 20.8 Å². The van der Waals surface area contributed by atoms with Gasteiger partial charge < -0.3 is 10.1 Å². The van der Waals surface area contributed by atoms with E-state index in [1.165, 1.54) is 11.8 Å². The summed E-state index contributed by atoms with van der Waals surface area (Å²) in [7, 11) is 1.60. The lowest BCUT2D eigenvalue weighted by Crippen LogP contribution is -2.14. The van der Waals surface area contributed by atoms with E-state index >= 15 is 0 Å². The Kier molecular flexibility index (Phi) is 5.52. The average Bonchev–Trinajstić information content (AvgIpc) is 3.08. The maximum Gasteiger partial charge on any atom is 0.234 e. The molecule has 26 heavy (non-hydrogen) atoms. The zero-order valence-electron chi connectivity index (χ0n) is 14.8. The molecular weight excluding hydrogens is 350 g/mol. The highest BCUT2D eigenvalue weighted by Gasteiger charge is 2.15. The van der Waals surface area contributed by atoms with Crippen molar-refractivity contribution in [2.75, 3.05) is 18.2 Å². The molecule has 0 fully saturated rings. The number of ether oxygens (including phenoxy) is 1. The molecule has 0 saturated heterocycles. The van der Waals surface area contributed by atoms with E-state index < -0.39 is 0 Å². The van der Waals surface area contributed by atoms with Crippen LogP contribution in [0.3, 0.4) is 0 Å². The van der Waals surface area contributed by atoms with Gasteiger partial charge in [-0.05, 0) is 59.7 Å². The summed E-state index contributed by atoms with van der Waals surface area (Å²) < 4.78 is 6.97. The van der Waals surface area contributed by atoms with Crippen molar-refractivity contribution in [1.82, 2.24) is 20.2 Å². The monoisotopic (exact) mass is 369 g/mol. The van der Waals surface area contributed by atoms with E-state index in [4.69, 9.17) is 4.74 Å². The van der Waals surface area contributed by atoms with Gasteiger partial charge in [0.25, 0.3) is 0 Å². The lowest BCUT2D eigenvalue weighted by atomic mass is 10.2. The van der Waals surface area contributed by atoms with Gasteiger partial charge in [0.15, 0.2) is 0 Å². The Balaban J connectivity index is 1.72. The van der Waals surface area contributed by atoms with Crippen molar-refractivity contribution in [2.45, 2.75) is 19.0 Å². The predicted molar refractivity (Wildman–Crippen MR) is 101 cm³/mol. The van der Waals surface area contributed by atoms with Crippen molar-refractivity contribution in [2.24, 2.45) is 0 Å². The van der Waals surface area contributed by atoms with Crippen molar-refractivity contribution in [3.05, 3.63) is 53.6 Å². The van der Waals surface area contributed by atoms with Crippen molar-refractivity contribution in [3.8, 4) is 11.4 Å². The first-order valence-electron chi connectivity index (χ1n) is 7.99. The standard InChI is InChI=1S/C18H19N5O2S/c1-12-5-4-6-14(9-12)19-17(24)11-26-18-20-21-22-23(18)15-10-13(2)7-8-16(15)25-3/h4-10H,11H2,1-3H3,(H,19,24). The number of thioether (sulfide) groups is 1. The molecule has 0 saturated carbocycles. The predicted octanol–water partition coefficient (Wildman–Crippen LogP) is 3.02. The minimum atomic E-state index is -0.119. The van der Waals surface area contributed by atoms with E-state index in [9.17, 15) is 4.79 Å². The molecule has 0 aliphatic heterocycles. The topological polar surface area (TPSA) is 81.9 Å². The van der Waals surface area contributed by atoms with Crippen LogP contribution in [-0.2, 0) is 4.79 Å². The molecule has 0 radical (unpaired) electrons. The quantitative estimate of drug-likeness (QED) is 0.673. The summed E-state index contributed by atoms with van der Waals surface area (Å²) in [5, 5.41) is 15.2. The molecule has 1 heterocycles. The van der Waals surface area contributed by atoms with E-state index in [0.717, 1.165) is 22.5 Å². The van der Waals surface area contributed by atoms with Crippen LogP contribution in [0.25, 0.3) is 5.69 Å². The summed E-state index contributed by atoms with van der Waals surface area (Å²) in [4.78, 5) is 12.2. The molecule has 0 bridgehead atoms.